The number of aryl methyl sites for hydroxylation is 1. The van der Waals surface area contributed by atoms with Crippen molar-refractivity contribution in [2.75, 3.05) is 27.4 Å². The number of hydrogen-bond acceptors (Lipinski definition) is 3. The van der Waals surface area contributed by atoms with Gasteiger partial charge >= 0.3 is 0 Å². The summed E-state index contributed by atoms with van der Waals surface area (Å²) in [6, 6.07) is 5.84. The summed E-state index contributed by atoms with van der Waals surface area (Å²) in [7, 11) is 3.03. The van der Waals surface area contributed by atoms with Crippen LogP contribution in [0.25, 0.3) is 0 Å². The highest BCUT2D eigenvalue weighted by atomic mass is 19.2. The third-order valence-electron chi connectivity index (χ3n) is 4.07. The van der Waals surface area contributed by atoms with Gasteiger partial charge < -0.3 is 20.1 Å². The molecule has 0 unspecified atom stereocenters. The van der Waals surface area contributed by atoms with E-state index in [0.29, 0.717) is 25.5 Å². The van der Waals surface area contributed by atoms with Crippen LogP contribution in [0, 0.1) is 30.2 Å². The Morgan fingerprint density at radius 1 is 0.966 bits per heavy atom. The average molecular weight is 413 g/mol. The van der Waals surface area contributed by atoms with Crippen molar-refractivity contribution in [2.45, 2.75) is 20.0 Å². The van der Waals surface area contributed by atoms with Crippen LogP contribution in [-0.2, 0) is 17.8 Å². The first kappa shape index (κ1) is 22.5. The number of aliphatic imine (C=N–C) groups is 1. The fourth-order valence-electron chi connectivity index (χ4n) is 2.53. The molecule has 0 spiro atoms. The van der Waals surface area contributed by atoms with Gasteiger partial charge in [0.15, 0.2) is 29.2 Å². The van der Waals surface area contributed by atoms with Crippen LogP contribution in [-0.4, -0.2) is 33.3 Å². The standard InChI is InChI=1S/C20H23F4N3O2/c1-12-4-5-13(17(8-12)29-7-6-28-3)10-26-20(25-2)27-11-14-18(23)15(21)9-16(22)19(14)24/h4-5,8-9H,6-7,10-11H2,1-3H3,(H2,25,26,27). The Hall–Kier alpha value is -2.81. The first-order valence-electron chi connectivity index (χ1n) is 8.85. The number of benzene rings is 2. The number of nitrogens with one attached hydrogen (secondary N) is 2. The smallest absolute Gasteiger partial charge is 0.191 e. The second kappa shape index (κ2) is 10.7. The molecular formula is C20H23F4N3O2. The van der Waals surface area contributed by atoms with Crippen molar-refractivity contribution in [3.63, 3.8) is 0 Å². The molecule has 0 aliphatic heterocycles. The molecule has 0 atom stereocenters. The normalized spacial score (nSPS) is 11.5. The number of methoxy groups -OCH3 is 1. The van der Waals surface area contributed by atoms with Gasteiger partial charge in [-0.05, 0) is 18.6 Å². The molecule has 2 aromatic carbocycles. The van der Waals surface area contributed by atoms with Gasteiger partial charge in [-0.3, -0.25) is 4.99 Å². The molecule has 0 fully saturated rings. The van der Waals surface area contributed by atoms with Gasteiger partial charge in [0.1, 0.15) is 12.4 Å². The molecule has 0 amide bonds. The molecule has 0 aromatic heterocycles. The molecule has 0 bridgehead atoms. The number of rotatable bonds is 8. The van der Waals surface area contributed by atoms with Gasteiger partial charge in [-0.25, -0.2) is 17.6 Å². The minimum atomic E-state index is -1.46. The second-order valence-corrected chi connectivity index (χ2v) is 6.18. The SMILES string of the molecule is CN=C(NCc1ccc(C)cc1OCCOC)NCc1c(F)c(F)cc(F)c1F. The molecule has 0 aliphatic carbocycles. The number of hydrogen-bond donors (Lipinski definition) is 2. The van der Waals surface area contributed by atoms with E-state index < -0.39 is 35.4 Å². The third kappa shape index (κ3) is 6.08. The first-order chi connectivity index (χ1) is 13.9. The largest absolute Gasteiger partial charge is 0.491 e. The lowest BCUT2D eigenvalue weighted by Crippen LogP contribution is -2.37. The van der Waals surface area contributed by atoms with Gasteiger partial charge in [-0.1, -0.05) is 12.1 Å². The van der Waals surface area contributed by atoms with E-state index in [4.69, 9.17) is 9.47 Å². The van der Waals surface area contributed by atoms with Gasteiger partial charge in [-0.2, -0.15) is 0 Å². The predicted molar refractivity (Wildman–Crippen MR) is 102 cm³/mol. The summed E-state index contributed by atoms with van der Waals surface area (Å²) in [6.45, 7) is 2.55. The number of nitrogens with zero attached hydrogens (tertiary/aromatic N) is 1. The van der Waals surface area contributed by atoms with Crippen molar-refractivity contribution < 1.29 is 27.0 Å². The monoisotopic (exact) mass is 413 g/mol. The van der Waals surface area contributed by atoms with Gasteiger partial charge in [0.05, 0.1) is 6.61 Å². The maximum atomic E-state index is 13.8. The lowest BCUT2D eigenvalue weighted by molar-refractivity contribution is 0.145. The van der Waals surface area contributed by atoms with E-state index in [2.05, 4.69) is 15.6 Å². The number of ether oxygens (including phenoxy) is 2. The zero-order chi connectivity index (χ0) is 21.4. The highest BCUT2D eigenvalue weighted by molar-refractivity contribution is 5.79. The van der Waals surface area contributed by atoms with Crippen molar-refractivity contribution in [1.29, 1.82) is 0 Å². The Kier molecular flexibility index (Phi) is 8.26. The molecule has 0 radical (unpaired) electrons. The van der Waals surface area contributed by atoms with E-state index >= 15 is 0 Å². The molecule has 0 saturated carbocycles. The van der Waals surface area contributed by atoms with Crippen LogP contribution in [0.1, 0.15) is 16.7 Å². The molecule has 9 heteroatoms. The van der Waals surface area contributed by atoms with Crippen molar-refractivity contribution in [2.24, 2.45) is 4.99 Å². The van der Waals surface area contributed by atoms with E-state index in [1.807, 2.05) is 25.1 Å². The van der Waals surface area contributed by atoms with Crippen molar-refractivity contribution in [1.82, 2.24) is 10.6 Å². The molecule has 158 valence electrons. The van der Waals surface area contributed by atoms with Crippen molar-refractivity contribution in [3.05, 3.63) is 64.2 Å². The summed E-state index contributed by atoms with van der Waals surface area (Å²) in [5.74, 6) is -4.95. The van der Waals surface area contributed by atoms with E-state index in [1.165, 1.54) is 7.05 Å². The van der Waals surface area contributed by atoms with Gasteiger partial charge in [0, 0.05) is 44.4 Å². The van der Waals surface area contributed by atoms with Gasteiger partial charge in [0.25, 0.3) is 0 Å². The lowest BCUT2D eigenvalue weighted by atomic mass is 10.1. The predicted octanol–water partition coefficient (Wildman–Crippen LogP) is 3.44. The highest BCUT2D eigenvalue weighted by Gasteiger charge is 2.19. The van der Waals surface area contributed by atoms with Crippen LogP contribution in [0.2, 0.25) is 0 Å². The molecule has 0 saturated heterocycles. The summed E-state index contributed by atoms with van der Waals surface area (Å²) >= 11 is 0. The van der Waals surface area contributed by atoms with Crippen molar-refractivity contribution in [3.8, 4) is 5.75 Å². The zero-order valence-electron chi connectivity index (χ0n) is 16.4. The van der Waals surface area contributed by atoms with Crippen LogP contribution in [0.5, 0.6) is 5.75 Å². The van der Waals surface area contributed by atoms with Crippen LogP contribution in [0.3, 0.4) is 0 Å². The molecule has 2 rings (SSSR count). The number of halogens is 4. The maximum absolute atomic E-state index is 13.8. The van der Waals surface area contributed by atoms with Crippen LogP contribution < -0.4 is 15.4 Å². The third-order valence-corrected chi connectivity index (χ3v) is 4.07. The van der Waals surface area contributed by atoms with Crippen LogP contribution in [0.15, 0.2) is 29.3 Å². The molecule has 29 heavy (non-hydrogen) atoms. The topological polar surface area (TPSA) is 54.9 Å². The molecule has 0 heterocycles. The summed E-state index contributed by atoms with van der Waals surface area (Å²) in [6.07, 6.45) is 0. The molecule has 0 aliphatic rings. The quantitative estimate of drug-likeness (QED) is 0.229. The molecular weight excluding hydrogens is 390 g/mol. The maximum Gasteiger partial charge on any atom is 0.191 e. The molecule has 2 aromatic rings. The van der Waals surface area contributed by atoms with Crippen molar-refractivity contribution >= 4 is 5.96 Å². The van der Waals surface area contributed by atoms with E-state index in [1.54, 1.807) is 7.11 Å². The van der Waals surface area contributed by atoms with Crippen LogP contribution in [0.4, 0.5) is 17.6 Å². The van der Waals surface area contributed by atoms with Gasteiger partial charge in [-0.15, -0.1) is 0 Å². The zero-order valence-corrected chi connectivity index (χ0v) is 16.4. The summed E-state index contributed by atoms with van der Waals surface area (Å²) < 4.78 is 64.9. The van der Waals surface area contributed by atoms with E-state index in [0.717, 1.165) is 11.1 Å². The number of guanidine groups is 1. The fraction of sp³-hybridized carbons (Fsp3) is 0.350. The Morgan fingerprint density at radius 3 is 2.24 bits per heavy atom. The van der Waals surface area contributed by atoms with Crippen LogP contribution >= 0.6 is 0 Å². The van der Waals surface area contributed by atoms with E-state index in [9.17, 15) is 17.6 Å². The summed E-state index contributed by atoms with van der Waals surface area (Å²) in [5.41, 5.74) is 1.09. The fourth-order valence-corrected chi connectivity index (χ4v) is 2.53. The lowest BCUT2D eigenvalue weighted by Gasteiger charge is -2.16. The summed E-state index contributed by atoms with van der Waals surface area (Å²) in [4.78, 5) is 3.95. The first-order valence-corrected chi connectivity index (χ1v) is 8.85. The van der Waals surface area contributed by atoms with E-state index in [-0.39, 0.29) is 12.0 Å². The molecule has 2 N–H and O–H groups in total. The molecule has 5 nitrogen and oxygen atoms in total. The minimum absolute atomic E-state index is 0.170. The average Bonchev–Trinajstić information content (AvgIpc) is 2.70. The Morgan fingerprint density at radius 2 is 1.62 bits per heavy atom. The Balaban J connectivity index is 2.04. The highest BCUT2D eigenvalue weighted by Crippen LogP contribution is 2.21. The summed E-state index contributed by atoms with van der Waals surface area (Å²) in [5, 5.41) is 5.61. The second-order valence-electron chi connectivity index (χ2n) is 6.18. The Labute approximate surface area is 166 Å². The van der Waals surface area contributed by atoms with Gasteiger partial charge in [0.2, 0.25) is 0 Å². The Bertz CT molecular complexity index is 849. The minimum Gasteiger partial charge on any atom is -0.491 e.